The molecule has 2 aromatic carbocycles. The molecule has 7 heteroatoms. The first kappa shape index (κ1) is 14.4. The van der Waals surface area contributed by atoms with Gasteiger partial charge in [-0.1, -0.05) is 12.1 Å². The highest BCUT2D eigenvalue weighted by atomic mass is 19.1. The molecule has 0 radical (unpaired) electrons. The van der Waals surface area contributed by atoms with E-state index in [2.05, 4.69) is 10.6 Å². The highest BCUT2D eigenvalue weighted by Crippen LogP contribution is 2.16. The molecule has 0 aromatic heterocycles. The number of nitrogens with zero attached hydrogens (tertiary/aromatic N) is 1. The molecule has 2 rings (SSSR count). The van der Waals surface area contributed by atoms with Crippen LogP contribution in [0.15, 0.2) is 48.5 Å². The van der Waals surface area contributed by atoms with E-state index >= 15 is 0 Å². The summed E-state index contributed by atoms with van der Waals surface area (Å²) in [7, 11) is 0. The number of benzene rings is 2. The molecule has 0 heterocycles. The molecule has 0 saturated heterocycles. The predicted molar refractivity (Wildman–Crippen MR) is 76.6 cm³/mol. The Morgan fingerprint density at radius 3 is 2.57 bits per heavy atom. The zero-order valence-corrected chi connectivity index (χ0v) is 10.9. The third-order valence-corrected chi connectivity index (χ3v) is 2.62. The molecule has 0 atom stereocenters. The fraction of sp³-hybridized carbons (Fsp3) is 0.0714. The predicted octanol–water partition coefficient (Wildman–Crippen LogP) is 2.78. The Morgan fingerprint density at radius 2 is 1.86 bits per heavy atom. The number of nitro groups is 1. The second-order valence-electron chi connectivity index (χ2n) is 4.22. The Hall–Kier alpha value is -2.96. The van der Waals surface area contributed by atoms with Gasteiger partial charge in [0.15, 0.2) is 0 Å². The van der Waals surface area contributed by atoms with Gasteiger partial charge in [0.25, 0.3) is 5.69 Å². The Bertz CT molecular complexity index is 676. The third kappa shape index (κ3) is 4.27. The smallest absolute Gasteiger partial charge is 0.271 e. The molecule has 0 fully saturated rings. The molecule has 0 bridgehead atoms. The van der Waals surface area contributed by atoms with Crippen molar-refractivity contribution in [2.45, 2.75) is 0 Å². The maximum absolute atomic E-state index is 13.0. The molecule has 2 N–H and O–H groups in total. The van der Waals surface area contributed by atoms with Crippen LogP contribution in [0.3, 0.4) is 0 Å². The van der Waals surface area contributed by atoms with Gasteiger partial charge in [-0.25, -0.2) is 4.39 Å². The van der Waals surface area contributed by atoms with Crippen LogP contribution in [-0.4, -0.2) is 17.4 Å². The number of hydrogen-bond donors (Lipinski definition) is 2. The van der Waals surface area contributed by atoms with Gasteiger partial charge in [-0.3, -0.25) is 14.9 Å². The van der Waals surface area contributed by atoms with E-state index in [1.54, 1.807) is 12.1 Å². The Balaban J connectivity index is 1.92. The summed E-state index contributed by atoms with van der Waals surface area (Å²) in [6.07, 6.45) is 0. The van der Waals surface area contributed by atoms with Crippen LogP contribution in [0.5, 0.6) is 0 Å². The molecule has 6 nitrogen and oxygen atoms in total. The fourth-order valence-electron chi connectivity index (χ4n) is 1.68. The minimum atomic E-state index is -0.516. The van der Waals surface area contributed by atoms with Crippen LogP contribution in [-0.2, 0) is 4.79 Å². The van der Waals surface area contributed by atoms with E-state index in [0.717, 1.165) is 0 Å². The molecule has 0 spiro atoms. The molecule has 0 aliphatic rings. The van der Waals surface area contributed by atoms with Gasteiger partial charge in [0.2, 0.25) is 5.91 Å². The minimum absolute atomic E-state index is 0.0643. The lowest BCUT2D eigenvalue weighted by Crippen LogP contribution is -2.21. The normalized spacial score (nSPS) is 9.95. The first-order valence-electron chi connectivity index (χ1n) is 6.08. The summed E-state index contributed by atoms with van der Waals surface area (Å²) in [4.78, 5) is 21.8. The molecule has 2 aromatic rings. The summed E-state index contributed by atoms with van der Waals surface area (Å²) < 4.78 is 13.0. The molecule has 0 aliphatic carbocycles. The lowest BCUT2D eigenvalue weighted by molar-refractivity contribution is -0.384. The quantitative estimate of drug-likeness (QED) is 0.654. The number of halogens is 1. The van der Waals surface area contributed by atoms with Crippen LogP contribution in [0, 0.1) is 15.9 Å². The number of nitro benzene ring substituents is 1. The average Bonchev–Trinajstić information content (AvgIpc) is 2.45. The lowest BCUT2D eigenvalue weighted by atomic mass is 10.3. The van der Waals surface area contributed by atoms with E-state index in [4.69, 9.17) is 0 Å². The molecule has 108 valence electrons. The summed E-state index contributed by atoms with van der Waals surface area (Å²) in [6, 6.07) is 11.3. The van der Waals surface area contributed by atoms with E-state index in [-0.39, 0.29) is 18.1 Å². The Kier molecular flexibility index (Phi) is 4.45. The van der Waals surface area contributed by atoms with E-state index in [1.165, 1.54) is 36.4 Å². The standard InChI is InChI=1S/C14H12FN3O3/c15-10-3-1-5-12(7-10)17-14(19)9-16-11-4-2-6-13(8-11)18(20)21/h1-8,16H,9H2,(H,17,19). The van der Waals surface area contributed by atoms with E-state index in [9.17, 15) is 19.3 Å². The SMILES string of the molecule is O=C(CNc1cccc([N+](=O)[O-])c1)Nc1cccc(F)c1. The number of non-ortho nitro benzene ring substituents is 1. The van der Waals surface area contributed by atoms with E-state index in [0.29, 0.717) is 11.4 Å². The molecular formula is C14H12FN3O3. The molecule has 21 heavy (non-hydrogen) atoms. The van der Waals surface area contributed by atoms with Crippen molar-refractivity contribution < 1.29 is 14.1 Å². The Labute approximate surface area is 119 Å². The van der Waals surface area contributed by atoms with Gasteiger partial charge in [-0.15, -0.1) is 0 Å². The lowest BCUT2D eigenvalue weighted by Gasteiger charge is -2.07. The molecule has 0 unspecified atom stereocenters. The third-order valence-electron chi connectivity index (χ3n) is 2.62. The number of anilines is 2. The van der Waals surface area contributed by atoms with Gasteiger partial charge < -0.3 is 10.6 Å². The second kappa shape index (κ2) is 6.47. The van der Waals surface area contributed by atoms with Crippen molar-refractivity contribution in [1.29, 1.82) is 0 Å². The van der Waals surface area contributed by atoms with Crippen molar-refractivity contribution in [3.63, 3.8) is 0 Å². The highest BCUT2D eigenvalue weighted by molar-refractivity contribution is 5.93. The monoisotopic (exact) mass is 289 g/mol. The van der Waals surface area contributed by atoms with Crippen molar-refractivity contribution in [1.82, 2.24) is 0 Å². The van der Waals surface area contributed by atoms with Gasteiger partial charge in [0.1, 0.15) is 5.82 Å². The van der Waals surface area contributed by atoms with Crippen molar-refractivity contribution in [2.75, 3.05) is 17.2 Å². The van der Waals surface area contributed by atoms with Gasteiger partial charge in [-0.05, 0) is 24.3 Å². The van der Waals surface area contributed by atoms with Crippen LogP contribution in [0.25, 0.3) is 0 Å². The summed E-state index contributed by atoms with van der Waals surface area (Å²) in [5.74, 6) is -0.827. The first-order chi connectivity index (χ1) is 10.0. The minimum Gasteiger partial charge on any atom is -0.376 e. The summed E-state index contributed by atoms with van der Waals surface area (Å²) in [5.41, 5.74) is 0.741. The first-order valence-corrected chi connectivity index (χ1v) is 6.08. The summed E-state index contributed by atoms with van der Waals surface area (Å²) >= 11 is 0. The average molecular weight is 289 g/mol. The Morgan fingerprint density at radius 1 is 1.14 bits per heavy atom. The van der Waals surface area contributed by atoms with Crippen molar-refractivity contribution >= 4 is 23.0 Å². The topological polar surface area (TPSA) is 84.3 Å². The van der Waals surface area contributed by atoms with Crippen molar-refractivity contribution in [3.05, 3.63) is 64.5 Å². The molecular weight excluding hydrogens is 277 g/mol. The van der Waals surface area contributed by atoms with Crippen LogP contribution < -0.4 is 10.6 Å². The van der Waals surface area contributed by atoms with Gasteiger partial charge in [0, 0.05) is 23.5 Å². The maximum Gasteiger partial charge on any atom is 0.271 e. The number of amides is 1. The number of rotatable bonds is 5. The largest absolute Gasteiger partial charge is 0.376 e. The van der Waals surface area contributed by atoms with Crippen molar-refractivity contribution in [3.8, 4) is 0 Å². The number of nitrogens with one attached hydrogen (secondary N) is 2. The zero-order chi connectivity index (χ0) is 15.2. The van der Waals surface area contributed by atoms with Crippen molar-refractivity contribution in [2.24, 2.45) is 0 Å². The molecule has 0 saturated carbocycles. The van der Waals surface area contributed by atoms with Crippen LogP contribution >= 0.6 is 0 Å². The second-order valence-corrected chi connectivity index (χ2v) is 4.22. The summed E-state index contributed by atoms with van der Waals surface area (Å²) in [6.45, 7) is -0.0856. The fourth-order valence-corrected chi connectivity index (χ4v) is 1.68. The number of carbonyl (C=O) groups excluding carboxylic acids is 1. The molecule has 0 aliphatic heterocycles. The maximum atomic E-state index is 13.0. The highest BCUT2D eigenvalue weighted by Gasteiger charge is 2.07. The number of carbonyl (C=O) groups is 1. The number of hydrogen-bond acceptors (Lipinski definition) is 4. The van der Waals surface area contributed by atoms with Gasteiger partial charge in [0.05, 0.1) is 11.5 Å². The van der Waals surface area contributed by atoms with Crippen LogP contribution in [0.2, 0.25) is 0 Å². The van der Waals surface area contributed by atoms with Crippen LogP contribution in [0.1, 0.15) is 0 Å². The van der Waals surface area contributed by atoms with Crippen LogP contribution in [0.4, 0.5) is 21.5 Å². The zero-order valence-electron chi connectivity index (χ0n) is 10.9. The molecule has 1 amide bonds. The summed E-state index contributed by atoms with van der Waals surface area (Å²) in [5, 5.41) is 15.9. The van der Waals surface area contributed by atoms with Gasteiger partial charge >= 0.3 is 0 Å². The van der Waals surface area contributed by atoms with E-state index < -0.39 is 10.7 Å². The van der Waals surface area contributed by atoms with E-state index in [1.807, 2.05) is 0 Å². The van der Waals surface area contributed by atoms with Gasteiger partial charge in [-0.2, -0.15) is 0 Å².